The molecule has 2 aromatic carbocycles. The van der Waals surface area contributed by atoms with Gasteiger partial charge in [0.25, 0.3) is 0 Å². The van der Waals surface area contributed by atoms with E-state index in [9.17, 15) is 4.21 Å². The minimum absolute atomic E-state index is 0.345. The van der Waals surface area contributed by atoms with Gasteiger partial charge >= 0.3 is 0 Å². The van der Waals surface area contributed by atoms with Crippen LogP contribution in [0.15, 0.2) is 59.5 Å². The van der Waals surface area contributed by atoms with E-state index >= 15 is 0 Å². The highest BCUT2D eigenvalue weighted by Gasteiger charge is 2.15. The van der Waals surface area contributed by atoms with Crippen LogP contribution in [0.25, 0.3) is 0 Å². The standard InChI is InChI=1S/C16H17ClOS/c1-13-7-10-15(11-8-13)19(18)16(17)12-9-14-5-3-2-4-6-14/h2-8,10-11,16H,9,12H2,1H3/t16-,19?/m1/s1. The van der Waals surface area contributed by atoms with Crippen molar-refractivity contribution in [3.8, 4) is 0 Å². The molecule has 100 valence electrons. The SMILES string of the molecule is Cc1ccc(S(=O)[C@@H](Cl)CCc2ccccc2)cc1. The van der Waals surface area contributed by atoms with E-state index in [0.29, 0.717) is 6.42 Å². The van der Waals surface area contributed by atoms with Crippen molar-refractivity contribution in [2.45, 2.75) is 29.4 Å². The fourth-order valence-electron chi connectivity index (χ4n) is 1.85. The molecule has 2 atom stereocenters. The smallest absolute Gasteiger partial charge is 0.114 e. The maximum atomic E-state index is 12.3. The summed E-state index contributed by atoms with van der Waals surface area (Å²) in [6, 6.07) is 17.9. The fraction of sp³-hybridized carbons (Fsp3) is 0.250. The van der Waals surface area contributed by atoms with E-state index in [0.717, 1.165) is 16.9 Å². The van der Waals surface area contributed by atoms with Crippen LogP contribution >= 0.6 is 11.6 Å². The highest BCUT2D eigenvalue weighted by molar-refractivity contribution is 7.87. The Labute approximate surface area is 122 Å². The fourth-order valence-corrected chi connectivity index (χ4v) is 3.30. The van der Waals surface area contributed by atoms with E-state index in [1.807, 2.05) is 49.4 Å². The minimum atomic E-state index is -1.14. The zero-order valence-electron chi connectivity index (χ0n) is 10.9. The molecule has 0 aliphatic rings. The highest BCUT2D eigenvalue weighted by Crippen LogP contribution is 2.19. The molecule has 1 unspecified atom stereocenters. The molecule has 0 heterocycles. The molecule has 0 spiro atoms. The number of alkyl halides is 1. The topological polar surface area (TPSA) is 17.1 Å². The molecule has 19 heavy (non-hydrogen) atoms. The molecule has 0 fully saturated rings. The molecule has 0 aliphatic heterocycles. The van der Waals surface area contributed by atoms with Crippen LogP contribution in [0.1, 0.15) is 17.5 Å². The molecule has 0 aliphatic carbocycles. The largest absolute Gasteiger partial charge is 0.253 e. The maximum absolute atomic E-state index is 12.3. The van der Waals surface area contributed by atoms with Gasteiger partial charge in [0.2, 0.25) is 0 Å². The molecule has 0 N–H and O–H groups in total. The first-order chi connectivity index (χ1) is 9.16. The van der Waals surface area contributed by atoms with Gasteiger partial charge in [-0.3, -0.25) is 4.21 Å². The molecule has 0 amide bonds. The average Bonchev–Trinajstić information content (AvgIpc) is 2.46. The van der Waals surface area contributed by atoms with Crippen LogP contribution in [0.2, 0.25) is 0 Å². The van der Waals surface area contributed by atoms with Gasteiger partial charge in [-0.2, -0.15) is 0 Å². The highest BCUT2D eigenvalue weighted by atomic mass is 35.5. The maximum Gasteiger partial charge on any atom is 0.114 e. The van der Waals surface area contributed by atoms with Crippen molar-refractivity contribution in [2.24, 2.45) is 0 Å². The van der Waals surface area contributed by atoms with Gasteiger partial charge in [-0.25, -0.2) is 0 Å². The van der Waals surface area contributed by atoms with E-state index in [4.69, 9.17) is 11.6 Å². The third-order valence-electron chi connectivity index (χ3n) is 2.99. The summed E-state index contributed by atoms with van der Waals surface area (Å²) in [5.74, 6) is 0. The van der Waals surface area contributed by atoms with Gasteiger partial charge in [-0.05, 0) is 37.5 Å². The third-order valence-corrected chi connectivity index (χ3v) is 5.13. The van der Waals surface area contributed by atoms with Crippen molar-refractivity contribution in [2.75, 3.05) is 0 Å². The van der Waals surface area contributed by atoms with Crippen LogP contribution in [0.3, 0.4) is 0 Å². The van der Waals surface area contributed by atoms with Crippen molar-refractivity contribution in [1.82, 2.24) is 0 Å². The van der Waals surface area contributed by atoms with Crippen molar-refractivity contribution in [1.29, 1.82) is 0 Å². The van der Waals surface area contributed by atoms with Crippen LogP contribution < -0.4 is 0 Å². The summed E-state index contributed by atoms with van der Waals surface area (Å²) >= 11 is 6.26. The number of hydrogen-bond acceptors (Lipinski definition) is 1. The molecule has 0 bridgehead atoms. The minimum Gasteiger partial charge on any atom is -0.253 e. The number of benzene rings is 2. The Morgan fingerprint density at radius 2 is 1.68 bits per heavy atom. The van der Waals surface area contributed by atoms with E-state index in [2.05, 4.69) is 12.1 Å². The van der Waals surface area contributed by atoms with Gasteiger partial charge in [0.15, 0.2) is 0 Å². The predicted octanol–water partition coefficient (Wildman–Crippen LogP) is 4.30. The second-order valence-corrected chi connectivity index (χ2v) is 6.97. The van der Waals surface area contributed by atoms with Crippen LogP contribution in [0.4, 0.5) is 0 Å². The van der Waals surface area contributed by atoms with E-state index < -0.39 is 10.8 Å². The van der Waals surface area contributed by atoms with Crippen molar-refractivity contribution in [3.05, 3.63) is 65.7 Å². The van der Waals surface area contributed by atoms with Gasteiger partial charge < -0.3 is 0 Å². The molecule has 2 aromatic rings. The number of rotatable bonds is 5. The second kappa shape index (κ2) is 6.88. The predicted molar refractivity (Wildman–Crippen MR) is 82.0 cm³/mol. The van der Waals surface area contributed by atoms with E-state index in [-0.39, 0.29) is 4.71 Å². The molecule has 2 rings (SSSR count). The monoisotopic (exact) mass is 292 g/mol. The van der Waals surface area contributed by atoms with E-state index in [1.165, 1.54) is 5.56 Å². The quantitative estimate of drug-likeness (QED) is 0.751. The zero-order valence-corrected chi connectivity index (χ0v) is 12.5. The molecule has 1 nitrogen and oxygen atoms in total. The van der Waals surface area contributed by atoms with Gasteiger partial charge in [0.1, 0.15) is 4.71 Å². The van der Waals surface area contributed by atoms with Gasteiger partial charge in [0, 0.05) is 4.90 Å². The summed E-state index contributed by atoms with van der Waals surface area (Å²) in [7, 11) is -1.14. The summed E-state index contributed by atoms with van der Waals surface area (Å²) in [6.45, 7) is 2.01. The van der Waals surface area contributed by atoms with Gasteiger partial charge in [0.05, 0.1) is 10.8 Å². The molecule has 0 saturated carbocycles. The third kappa shape index (κ3) is 4.19. The molecule has 0 radical (unpaired) electrons. The number of aryl methyl sites for hydroxylation is 2. The Kier molecular flexibility index (Phi) is 5.17. The van der Waals surface area contributed by atoms with E-state index in [1.54, 1.807) is 0 Å². The first kappa shape index (κ1) is 14.3. The Morgan fingerprint density at radius 1 is 1.05 bits per heavy atom. The van der Waals surface area contributed by atoms with Crippen LogP contribution in [-0.4, -0.2) is 8.92 Å². The Morgan fingerprint density at radius 3 is 2.32 bits per heavy atom. The van der Waals surface area contributed by atoms with Crippen molar-refractivity contribution in [3.63, 3.8) is 0 Å². The van der Waals surface area contributed by atoms with Crippen molar-refractivity contribution >= 4 is 22.4 Å². The summed E-state index contributed by atoms with van der Waals surface area (Å²) in [5.41, 5.74) is 2.39. The van der Waals surface area contributed by atoms with Gasteiger partial charge in [-0.1, -0.05) is 48.0 Å². The molecule has 0 saturated heterocycles. The normalized spacial score (nSPS) is 14.0. The Hall–Kier alpha value is -1.12. The molecule has 0 aromatic heterocycles. The lowest BCUT2D eigenvalue weighted by Crippen LogP contribution is -2.09. The summed E-state index contributed by atoms with van der Waals surface area (Å²) in [4.78, 5) is 0.804. The van der Waals surface area contributed by atoms with Crippen LogP contribution in [0.5, 0.6) is 0 Å². The molecular formula is C16H17ClOS. The summed E-state index contributed by atoms with van der Waals surface area (Å²) in [6.07, 6.45) is 1.57. The number of halogens is 1. The van der Waals surface area contributed by atoms with Gasteiger partial charge in [-0.15, -0.1) is 11.6 Å². The molecule has 3 heteroatoms. The summed E-state index contributed by atoms with van der Waals surface area (Å²) < 4.78 is 11.9. The Balaban J connectivity index is 1.94. The lowest BCUT2D eigenvalue weighted by Gasteiger charge is -2.10. The average molecular weight is 293 g/mol. The zero-order chi connectivity index (χ0) is 13.7. The lowest BCUT2D eigenvalue weighted by atomic mass is 10.1. The van der Waals surface area contributed by atoms with Crippen LogP contribution in [-0.2, 0) is 17.2 Å². The first-order valence-corrected chi connectivity index (χ1v) is 7.97. The number of hydrogen-bond donors (Lipinski definition) is 0. The summed E-state index contributed by atoms with van der Waals surface area (Å²) in [5, 5.41) is 0. The lowest BCUT2D eigenvalue weighted by molar-refractivity contribution is 0.676. The Bertz CT molecular complexity index is 536. The van der Waals surface area contributed by atoms with Crippen molar-refractivity contribution < 1.29 is 4.21 Å². The molecular weight excluding hydrogens is 276 g/mol. The first-order valence-electron chi connectivity index (χ1n) is 6.32. The van der Waals surface area contributed by atoms with Crippen LogP contribution in [0, 0.1) is 6.92 Å². The second-order valence-electron chi connectivity index (χ2n) is 4.54.